The summed E-state index contributed by atoms with van der Waals surface area (Å²) < 4.78 is 0. The average Bonchev–Trinajstić information content (AvgIpc) is 3.02. The molecule has 6 nitrogen and oxygen atoms in total. The number of benzene rings is 1. The van der Waals surface area contributed by atoms with Crippen molar-refractivity contribution >= 4 is 11.4 Å². The molecule has 2 N–H and O–H groups in total. The fraction of sp³-hybridized carbons (Fsp3) is 0.696. The van der Waals surface area contributed by atoms with Crippen LogP contribution in [0.3, 0.4) is 0 Å². The van der Waals surface area contributed by atoms with Gasteiger partial charge in [0, 0.05) is 31.7 Å². The summed E-state index contributed by atoms with van der Waals surface area (Å²) >= 11 is 0. The molecule has 0 amide bonds. The number of piperidine rings is 1. The van der Waals surface area contributed by atoms with E-state index in [1.807, 2.05) is 6.07 Å². The first-order chi connectivity index (χ1) is 14.3. The van der Waals surface area contributed by atoms with Crippen LogP contribution in [0.15, 0.2) is 24.3 Å². The second kappa shape index (κ2) is 9.69. The lowest BCUT2D eigenvalue weighted by molar-refractivity contribution is 0.126. The lowest BCUT2D eigenvalue weighted by Crippen LogP contribution is -2.58. The maximum atomic E-state index is 9.58. The van der Waals surface area contributed by atoms with Crippen molar-refractivity contribution in [3.63, 3.8) is 0 Å². The second-order valence-electron chi connectivity index (χ2n) is 8.71. The molecule has 1 unspecified atom stereocenters. The first-order valence-electron chi connectivity index (χ1n) is 11.5. The van der Waals surface area contributed by atoms with E-state index in [9.17, 15) is 10.4 Å². The van der Waals surface area contributed by atoms with Crippen molar-refractivity contribution in [3.8, 4) is 6.19 Å². The summed E-state index contributed by atoms with van der Waals surface area (Å²) in [7, 11) is 0. The van der Waals surface area contributed by atoms with E-state index in [1.165, 1.54) is 50.6 Å². The number of para-hydroxylation sites is 2. The molecule has 1 aromatic rings. The Morgan fingerprint density at radius 1 is 0.931 bits per heavy atom. The van der Waals surface area contributed by atoms with Gasteiger partial charge in [0.05, 0.1) is 18.0 Å². The molecule has 0 radical (unpaired) electrons. The van der Waals surface area contributed by atoms with Gasteiger partial charge in [0.15, 0.2) is 12.5 Å². The Bertz CT molecular complexity index is 689. The van der Waals surface area contributed by atoms with Crippen LogP contribution in [0, 0.1) is 11.5 Å². The summed E-state index contributed by atoms with van der Waals surface area (Å²) in [6.45, 7) is 2.89. The SMILES string of the molecule is N#CNC1N(CCO)c2ccccc2N1C1CCN(C2CCCCCCC2)CC1. The normalized spacial score (nSPS) is 24.6. The molecule has 0 bridgehead atoms. The van der Waals surface area contributed by atoms with E-state index in [4.69, 9.17) is 0 Å². The predicted molar refractivity (Wildman–Crippen MR) is 117 cm³/mol. The van der Waals surface area contributed by atoms with Crippen molar-refractivity contribution in [2.24, 2.45) is 0 Å². The van der Waals surface area contributed by atoms with Gasteiger partial charge in [-0.05, 0) is 37.8 Å². The van der Waals surface area contributed by atoms with Gasteiger partial charge in [-0.2, -0.15) is 5.26 Å². The Morgan fingerprint density at radius 2 is 1.59 bits per heavy atom. The van der Waals surface area contributed by atoms with E-state index in [0.29, 0.717) is 12.6 Å². The Labute approximate surface area is 175 Å². The number of fused-ring (bicyclic) bond motifs is 1. The molecule has 1 saturated carbocycles. The lowest BCUT2D eigenvalue weighted by atomic mass is 9.93. The van der Waals surface area contributed by atoms with Gasteiger partial charge in [-0.15, -0.1) is 0 Å². The highest BCUT2D eigenvalue weighted by Crippen LogP contribution is 2.41. The number of likely N-dealkylation sites (tertiary alicyclic amines) is 1. The standard InChI is InChI=1S/C23H35N5O/c24-18-25-23-27(16-17-29)21-10-6-7-11-22(21)28(23)20-12-14-26(15-13-20)19-8-4-2-1-3-5-9-19/h6-7,10-11,19-20,23,25,29H,1-5,8-9,12-17H2. The summed E-state index contributed by atoms with van der Waals surface area (Å²) in [5.41, 5.74) is 2.29. The number of rotatable bonds is 5. The molecule has 0 spiro atoms. The minimum absolute atomic E-state index is 0.0753. The van der Waals surface area contributed by atoms with Crippen molar-refractivity contribution in [2.45, 2.75) is 76.2 Å². The van der Waals surface area contributed by atoms with E-state index < -0.39 is 0 Å². The molecule has 0 aromatic heterocycles. The number of anilines is 2. The third kappa shape index (κ3) is 4.31. The molecule has 1 aromatic carbocycles. The number of nitriles is 1. The number of aliphatic hydroxyl groups excluding tert-OH is 1. The van der Waals surface area contributed by atoms with Crippen LogP contribution in [0.1, 0.15) is 57.8 Å². The Morgan fingerprint density at radius 3 is 2.24 bits per heavy atom. The zero-order valence-electron chi connectivity index (χ0n) is 17.5. The molecule has 158 valence electrons. The highest BCUT2D eigenvalue weighted by Gasteiger charge is 2.40. The van der Waals surface area contributed by atoms with Crippen LogP contribution in [0.4, 0.5) is 11.4 Å². The van der Waals surface area contributed by atoms with Crippen molar-refractivity contribution in [1.82, 2.24) is 10.2 Å². The number of nitrogens with zero attached hydrogens (tertiary/aromatic N) is 4. The average molecular weight is 398 g/mol. The van der Waals surface area contributed by atoms with E-state index >= 15 is 0 Å². The zero-order valence-corrected chi connectivity index (χ0v) is 17.5. The van der Waals surface area contributed by atoms with Gasteiger partial charge < -0.3 is 19.8 Å². The maximum absolute atomic E-state index is 9.58. The molecule has 2 heterocycles. The highest BCUT2D eigenvalue weighted by atomic mass is 16.3. The van der Waals surface area contributed by atoms with Crippen LogP contribution in [0.5, 0.6) is 0 Å². The Kier molecular flexibility index (Phi) is 6.78. The fourth-order valence-corrected chi connectivity index (χ4v) is 5.62. The molecule has 2 aliphatic heterocycles. The number of nitrogens with one attached hydrogen (secondary N) is 1. The van der Waals surface area contributed by atoms with Gasteiger partial charge in [-0.25, -0.2) is 0 Å². The van der Waals surface area contributed by atoms with E-state index in [0.717, 1.165) is 37.7 Å². The summed E-state index contributed by atoms with van der Waals surface area (Å²) in [5, 5.41) is 22.0. The van der Waals surface area contributed by atoms with E-state index in [-0.39, 0.29) is 12.9 Å². The van der Waals surface area contributed by atoms with Gasteiger partial charge in [-0.1, -0.05) is 44.2 Å². The number of β-amino-alcohol motifs (C(OH)–C–C–N with tert-alkyl or cyclic N) is 1. The highest BCUT2D eigenvalue weighted by molar-refractivity contribution is 5.78. The minimum Gasteiger partial charge on any atom is -0.395 e. The number of hydrogen-bond donors (Lipinski definition) is 2. The van der Waals surface area contributed by atoms with E-state index in [1.54, 1.807) is 0 Å². The summed E-state index contributed by atoms with van der Waals surface area (Å²) in [5.74, 6) is 0. The van der Waals surface area contributed by atoms with Gasteiger partial charge in [-0.3, -0.25) is 5.32 Å². The van der Waals surface area contributed by atoms with Crippen LogP contribution in [0.2, 0.25) is 0 Å². The Hall–Kier alpha value is -1.97. The van der Waals surface area contributed by atoms with Crippen molar-refractivity contribution in [3.05, 3.63) is 24.3 Å². The van der Waals surface area contributed by atoms with Crippen molar-refractivity contribution in [1.29, 1.82) is 5.26 Å². The summed E-state index contributed by atoms with van der Waals surface area (Å²) in [6, 6.07) is 9.53. The molecule has 2 fully saturated rings. The molecular weight excluding hydrogens is 362 g/mol. The first-order valence-corrected chi connectivity index (χ1v) is 11.5. The van der Waals surface area contributed by atoms with Crippen LogP contribution in [-0.4, -0.2) is 54.6 Å². The molecule has 1 aliphatic carbocycles. The summed E-state index contributed by atoms with van der Waals surface area (Å²) in [4.78, 5) is 7.26. The third-order valence-corrected chi connectivity index (χ3v) is 7.05. The first kappa shape index (κ1) is 20.3. The fourth-order valence-electron chi connectivity index (χ4n) is 5.62. The molecule has 1 atom stereocenters. The van der Waals surface area contributed by atoms with Crippen molar-refractivity contribution < 1.29 is 5.11 Å². The van der Waals surface area contributed by atoms with Crippen LogP contribution in [-0.2, 0) is 0 Å². The van der Waals surface area contributed by atoms with Crippen LogP contribution >= 0.6 is 0 Å². The maximum Gasteiger partial charge on any atom is 0.187 e. The number of hydrogen-bond acceptors (Lipinski definition) is 6. The van der Waals surface area contributed by atoms with Gasteiger partial charge >= 0.3 is 0 Å². The molecule has 6 heteroatoms. The number of aliphatic hydroxyl groups is 1. The molecule has 29 heavy (non-hydrogen) atoms. The monoisotopic (exact) mass is 397 g/mol. The second-order valence-corrected chi connectivity index (χ2v) is 8.71. The lowest BCUT2D eigenvalue weighted by Gasteiger charge is -2.43. The summed E-state index contributed by atoms with van der Waals surface area (Å²) in [6.07, 6.45) is 13.9. The quantitative estimate of drug-likeness (QED) is 0.587. The zero-order chi connectivity index (χ0) is 20.1. The van der Waals surface area contributed by atoms with Crippen LogP contribution in [0.25, 0.3) is 0 Å². The smallest absolute Gasteiger partial charge is 0.187 e. The predicted octanol–water partition coefficient (Wildman–Crippen LogP) is 3.24. The van der Waals surface area contributed by atoms with Gasteiger partial charge in [0.2, 0.25) is 0 Å². The third-order valence-electron chi connectivity index (χ3n) is 7.05. The molecule has 1 saturated heterocycles. The van der Waals surface area contributed by atoms with E-state index in [2.05, 4.69) is 44.4 Å². The van der Waals surface area contributed by atoms with Gasteiger partial charge in [0.25, 0.3) is 0 Å². The Balaban J connectivity index is 1.47. The topological polar surface area (TPSA) is 65.8 Å². The largest absolute Gasteiger partial charge is 0.395 e. The molecule has 4 rings (SSSR count). The minimum atomic E-state index is -0.206. The van der Waals surface area contributed by atoms with Gasteiger partial charge in [0.1, 0.15) is 0 Å². The molecule has 3 aliphatic rings. The van der Waals surface area contributed by atoms with Crippen LogP contribution < -0.4 is 15.1 Å². The molecular formula is C23H35N5O. The van der Waals surface area contributed by atoms with Crippen molar-refractivity contribution in [2.75, 3.05) is 36.0 Å².